The van der Waals surface area contributed by atoms with E-state index in [4.69, 9.17) is 24.7 Å². The molecule has 4 rings (SSSR count). The zero-order valence-electron chi connectivity index (χ0n) is 21.0. The van der Waals surface area contributed by atoms with Gasteiger partial charge < -0.3 is 24.7 Å². The molecule has 1 aliphatic heterocycles. The van der Waals surface area contributed by atoms with E-state index in [1.807, 2.05) is 23.6 Å². The molecule has 0 saturated carbocycles. The highest BCUT2D eigenvalue weighted by molar-refractivity contribution is 7.12. The quantitative estimate of drug-likeness (QED) is 0.174. The minimum Gasteiger partial charge on any atom is -0.493 e. The first-order valence-corrected chi connectivity index (χ1v) is 13.2. The SMILES string of the molecule is CCCCCCCOc1ccc(C2C(C#N)=C(N)Oc3cc(OC(=O)c4cccs4)ccc32)cc1OC. The molecule has 1 aromatic heterocycles. The van der Waals surface area contributed by atoms with Gasteiger partial charge in [0.15, 0.2) is 11.5 Å². The number of rotatable bonds is 11. The molecule has 0 fully saturated rings. The summed E-state index contributed by atoms with van der Waals surface area (Å²) in [4.78, 5) is 12.9. The molecule has 192 valence electrons. The summed E-state index contributed by atoms with van der Waals surface area (Å²) < 4.78 is 22.9. The summed E-state index contributed by atoms with van der Waals surface area (Å²) in [5, 5.41) is 11.7. The van der Waals surface area contributed by atoms with Crippen molar-refractivity contribution in [3.05, 3.63) is 81.4 Å². The average molecular weight is 519 g/mol. The summed E-state index contributed by atoms with van der Waals surface area (Å²) in [5.41, 5.74) is 7.98. The number of nitrogens with two attached hydrogens (primary N) is 1. The van der Waals surface area contributed by atoms with Gasteiger partial charge in [-0.3, -0.25) is 0 Å². The fraction of sp³-hybridized carbons (Fsp3) is 0.310. The summed E-state index contributed by atoms with van der Waals surface area (Å²) in [6.07, 6.45) is 5.76. The molecule has 2 heterocycles. The normalized spacial score (nSPS) is 14.4. The first-order chi connectivity index (χ1) is 18.0. The van der Waals surface area contributed by atoms with Gasteiger partial charge in [-0.2, -0.15) is 5.26 Å². The maximum atomic E-state index is 12.4. The average Bonchev–Trinajstić information content (AvgIpc) is 3.45. The largest absolute Gasteiger partial charge is 0.493 e. The monoisotopic (exact) mass is 518 g/mol. The Hall–Kier alpha value is -3.96. The zero-order valence-corrected chi connectivity index (χ0v) is 21.8. The molecule has 2 N–H and O–H groups in total. The molecule has 8 heteroatoms. The Labute approximate surface area is 221 Å². The number of unbranched alkanes of at least 4 members (excludes halogenated alkanes) is 4. The van der Waals surface area contributed by atoms with E-state index in [1.54, 1.807) is 37.4 Å². The minimum atomic E-state index is -0.479. The van der Waals surface area contributed by atoms with Gasteiger partial charge in [0, 0.05) is 11.6 Å². The van der Waals surface area contributed by atoms with Crippen molar-refractivity contribution in [2.45, 2.75) is 44.9 Å². The van der Waals surface area contributed by atoms with Crippen LogP contribution in [0.3, 0.4) is 0 Å². The molecule has 1 atom stereocenters. The molecule has 1 aliphatic rings. The van der Waals surface area contributed by atoms with Crippen LogP contribution < -0.4 is 24.7 Å². The molecule has 0 radical (unpaired) electrons. The molecule has 2 aromatic carbocycles. The first kappa shape index (κ1) is 26.1. The number of ether oxygens (including phenoxy) is 4. The van der Waals surface area contributed by atoms with Gasteiger partial charge in [-0.05, 0) is 41.6 Å². The van der Waals surface area contributed by atoms with Crippen molar-refractivity contribution >= 4 is 17.3 Å². The second kappa shape index (κ2) is 12.3. The Morgan fingerprint density at radius 1 is 1.11 bits per heavy atom. The van der Waals surface area contributed by atoms with Crippen molar-refractivity contribution in [2.75, 3.05) is 13.7 Å². The maximum absolute atomic E-state index is 12.4. The summed E-state index contributed by atoms with van der Waals surface area (Å²) in [6.45, 7) is 2.81. The molecule has 0 spiro atoms. The Kier molecular flexibility index (Phi) is 8.70. The van der Waals surface area contributed by atoms with Crippen LogP contribution in [-0.4, -0.2) is 19.7 Å². The lowest BCUT2D eigenvalue weighted by molar-refractivity contribution is 0.0739. The third-order valence-electron chi connectivity index (χ3n) is 6.15. The Morgan fingerprint density at radius 2 is 1.95 bits per heavy atom. The van der Waals surface area contributed by atoms with Crippen molar-refractivity contribution in [1.29, 1.82) is 5.26 Å². The van der Waals surface area contributed by atoms with Gasteiger partial charge >= 0.3 is 5.97 Å². The van der Waals surface area contributed by atoms with Crippen LogP contribution >= 0.6 is 11.3 Å². The van der Waals surface area contributed by atoms with Crippen LogP contribution in [0.5, 0.6) is 23.0 Å². The van der Waals surface area contributed by atoms with Crippen LogP contribution in [0.1, 0.15) is 65.7 Å². The highest BCUT2D eigenvalue weighted by Crippen LogP contribution is 2.45. The summed E-state index contributed by atoms with van der Waals surface area (Å²) in [7, 11) is 1.59. The number of allylic oxidation sites excluding steroid dienone is 1. The van der Waals surface area contributed by atoms with Crippen LogP contribution in [0, 0.1) is 11.3 Å². The molecule has 0 amide bonds. The Bertz CT molecular complexity index is 1310. The summed E-state index contributed by atoms with van der Waals surface area (Å²) in [5.74, 6) is 1.06. The smallest absolute Gasteiger partial charge is 0.353 e. The van der Waals surface area contributed by atoms with Gasteiger partial charge in [-0.1, -0.05) is 50.8 Å². The molecular weight excluding hydrogens is 488 g/mol. The van der Waals surface area contributed by atoms with Crippen molar-refractivity contribution in [1.82, 2.24) is 0 Å². The molecule has 0 saturated heterocycles. The highest BCUT2D eigenvalue weighted by atomic mass is 32.1. The van der Waals surface area contributed by atoms with Crippen molar-refractivity contribution < 1.29 is 23.7 Å². The Balaban J connectivity index is 1.57. The number of nitrogens with zero attached hydrogens (tertiary/aromatic N) is 1. The van der Waals surface area contributed by atoms with E-state index in [1.165, 1.54) is 30.6 Å². The molecule has 7 nitrogen and oxygen atoms in total. The lowest BCUT2D eigenvalue weighted by atomic mass is 9.83. The topological polar surface area (TPSA) is 104 Å². The molecule has 3 aromatic rings. The summed E-state index contributed by atoms with van der Waals surface area (Å²) >= 11 is 1.30. The van der Waals surface area contributed by atoms with Gasteiger partial charge in [0.25, 0.3) is 0 Å². The van der Waals surface area contributed by atoms with Crippen molar-refractivity contribution in [2.24, 2.45) is 5.73 Å². The molecule has 0 aliphatic carbocycles. The van der Waals surface area contributed by atoms with Gasteiger partial charge in [-0.15, -0.1) is 11.3 Å². The number of methoxy groups -OCH3 is 1. The zero-order chi connectivity index (χ0) is 26.2. The van der Waals surface area contributed by atoms with Crippen LogP contribution in [0.4, 0.5) is 0 Å². The second-order valence-electron chi connectivity index (χ2n) is 8.66. The number of thiophene rings is 1. The fourth-order valence-corrected chi connectivity index (χ4v) is 4.86. The predicted octanol–water partition coefficient (Wildman–Crippen LogP) is 6.54. The number of benzene rings is 2. The maximum Gasteiger partial charge on any atom is 0.353 e. The predicted molar refractivity (Wildman–Crippen MR) is 142 cm³/mol. The lowest BCUT2D eigenvalue weighted by Crippen LogP contribution is -2.21. The molecular formula is C29H30N2O5S. The van der Waals surface area contributed by atoms with Crippen molar-refractivity contribution in [3.63, 3.8) is 0 Å². The van der Waals surface area contributed by atoms with Crippen molar-refractivity contribution in [3.8, 4) is 29.1 Å². The van der Waals surface area contributed by atoms with E-state index in [0.717, 1.165) is 24.0 Å². The number of esters is 1. The van der Waals surface area contributed by atoms with Gasteiger partial charge in [0.1, 0.15) is 28.0 Å². The third kappa shape index (κ3) is 6.07. The van der Waals surface area contributed by atoms with E-state index in [-0.39, 0.29) is 5.88 Å². The number of hydrogen-bond acceptors (Lipinski definition) is 8. The van der Waals surface area contributed by atoms with E-state index < -0.39 is 11.9 Å². The second-order valence-corrected chi connectivity index (χ2v) is 9.61. The van der Waals surface area contributed by atoms with Crippen LogP contribution in [0.15, 0.2) is 65.4 Å². The molecule has 0 bridgehead atoms. The van der Waals surface area contributed by atoms with Crippen LogP contribution in [0.25, 0.3) is 0 Å². The highest BCUT2D eigenvalue weighted by Gasteiger charge is 2.32. The molecule has 1 unspecified atom stereocenters. The number of carbonyl (C=O) groups is 1. The van der Waals surface area contributed by atoms with Gasteiger partial charge in [0.05, 0.1) is 19.6 Å². The first-order valence-electron chi connectivity index (χ1n) is 12.3. The van der Waals surface area contributed by atoms with Crippen LogP contribution in [0.2, 0.25) is 0 Å². The fourth-order valence-electron chi connectivity index (χ4n) is 4.26. The minimum absolute atomic E-state index is 0.00751. The van der Waals surface area contributed by atoms with E-state index in [0.29, 0.717) is 40.1 Å². The Morgan fingerprint density at radius 3 is 2.68 bits per heavy atom. The molecule has 37 heavy (non-hydrogen) atoms. The standard InChI is InChI=1S/C29H30N2O5S/c1-3-4-5-6-7-14-34-23-13-10-19(16-25(23)33-2)27-21-12-11-20(35-29(32)26-9-8-15-37-26)17-24(21)36-28(31)22(27)18-30/h8-13,15-17,27H,3-7,14,31H2,1-2H3. The number of carbonyl (C=O) groups excluding carboxylic acids is 1. The van der Waals surface area contributed by atoms with E-state index in [9.17, 15) is 10.1 Å². The number of fused-ring (bicyclic) bond motifs is 1. The third-order valence-corrected chi connectivity index (χ3v) is 7.00. The number of nitriles is 1. The van der Waals surface area contributed by atoms with Crippen LogP contribution in [-0.2, 0) is 0 Å². The van der Waals surface area contributed by atoms with E-state index >= 15 is 0 Å². The van der Waals surface area contributed by atoms with E-state index in [2.05, 4.69) is 13.0 Å². The number of hydrogen-bond donors (Lipinski definition) is 1. The van der Waals surface area contributed by atoms with Gasteiger partial charge in [-0.25, -0.2) is 4.79 Å². The summed E-state index contributed by atoms with van der Waals surface area (Å²) in [6, 6.07) is 16.4. The van der Waals surface area contributed by atoms with Gasteiger partial charge in [0.2, 0.25) is 5.88 Å². The lowest BCUT2D eigenvalue weighted by Gasteiger charge is -2.27.